The zero-order valence-corrected chi connectivity index (χ0v) is 19.1. The molecule has 0 radical (unpaired) electrons. The SMILES string of the molecule is C[C@H](CC[C@@H](CCc1ccccc1)NC(=O)OC(C)(C)C)C(=O)OCc1ccccc1. The summed E-state index contributed by atoms with van der Waals surface area (Å²) in [5.74, 6) is -0.466. The van der Waals surface area contributed by atoms with Gasteiger partial charge < -0.3 is 14.8 Å². The Balaban J connectivity index is 1.87. The number of alkyl carbamates (subject to hydrolysis) is 1. The van der Waals surface area contributed by atoms with Crippen molar-refractivity contribution in [2.45, 2.75) is 71.6 Å². The molecular weight excluding hydrogens is 390 g/mol. The molecule has 0 fully saturated rings. The Kier molecular flexibility index (Phi) is 9.57. The summed E-state index contributed by atoms with van der Waals surface area (Å²) in [5.41, 5.74) is 1.63. The minimum Gasteiger partial charge on any atom is -0.461 e. The Morgan fingerprint density at radius 1 is 0.871 bits per heavy atom. The van der Waals surface area contributed by atoms with Crippen molar-refractivity contribution in [1.82, 2.24) is 5.32 Å². The molecule has 1 N–H and O–H groups in total. The van der Waals surface area contributed by atoms with Crippen LogP contribution in [0.2, 0.25) is 0 Å². The third-order valence-corrected chi connectivity index (χ3v) is 4.92. The van der Waals surface area contributed by atoms with Gasteiger partial charge in [0.2, 0.25) is 0 Å². The Hall–Kier alpha value is -2.82. The fourth-order valence-corrected chi connectivity index (χ4v) is 3.19. The summed E-state index contributed by atoms with van der Waals surface area (Å²) < 4.78 is 10.9. The van der Waals surface area contributed by atoms with E-state index >= 15 is 0 Å². The molecule has 0 heterocycles. The first-order chi connectivity index (χ1) is 14.7. The molecule has 2 atom stereocenters. The number of amides is 1. The van der Waals surface area contributed by atoms with Crippen molar-refractivity contribution in [2.24, 2.45) is 5.92 Å². The Morgan fingerprint density at radius 2 is 1.45 bits per heavy atom. The van der Waals surface area contributed by atoms with E-state index in [9.17, 15) is 9.59 Å². The molecule has 0 aromatic heterocycles. The first-order valence-electron chi connectivity index (χ1n) is 11.0. The highest BCUT2D eigenvalue weighted by atomic mass is 16.6. The van der Waals surface area contributed by atoms with Crippen LogP contribution in [0.1, 0.15) is 58.1 Å². The van der Waals surface area contributed by atoms with Crippen LogP contribution in [0.15, 0.2) is 60.7 Å². The predicted molar refractivity (Wildman–Crippen MR) is 123 cm³/mol. The largest absolute Gasteiger partial charge is 0.461 e. The molecule has 0 aliphatic carbocycles. The van der Waals surface area contributed by atoms with Gasteiger partial charge in [0.1, 0.15) is 12.2 Å². The minimum atomic E-state index is -0.553. The smallest absolute Gasteiger partial charge is 0.407 e. The van der Waals surface area contributed by atoms with Gasteiger partial charge in [-0.3, -0.25) is 4.79 Å². The van der Waals surface area contributed by atoms with E-state index in [-0.39, 0.29) is 24.5 Å². The lowest BCUT2D eigenvalue weighted by Crippen LogP contribution is -2.39. The van der Waals surface area contributed by atoms with Gasteiger partial charge in [-0.05, 0) is 57.6 Å². The van der Waals surface area contributed by atoms with Crippen molar-refractivity contribution in [3.05, 3.63) is 71.8 Å². The summed E-state index contributed by atoms with van der Waals surface area (Å²) >= 11 is 0. The average molecular weight is 426 g/mol. The van der Waals surface area contributed by atoms with Crippen molar-refractivity contribution >= 4 is 12.1 Å². The van der Waals surface area contributed by atoms with E-state index in [2.05, 4.69) is 17.4 Å². The number of aryl methyl sites for hydroxylation is 1. The maximum absolute atomic E-state index is 12.4. The Bertz CT molecular complexity index is 799. The van der Waals surface area contributed by atoms with Crippen molar-refractivity contribution in [2.75, 3.05) is 0 Å². The quantitative estimate of drug-likeness (QED) is 0.498. The average Bonchev–Trinajstić information content (AvgIpc) is 2.73. The van der Waals surface area contributed by atoms with E-state index in [1.807, 2.05) is 76.2 Å². The van der Waals surface area contributed by atoms with Crippen molar-refractivity contribution in [3.63, 3.8) is 0 Å². The number of carbonyl (C=O) groups excluding carboxylic acids is 2. The van der Waals surface area contributed by atoms with Crippen LogP contribution >= 0.6 is 0 Å². The molecule has 2 aromatic carbocycles. The molecule has 0 bridgehead atoms. The lowest BCUT2D eigenvalue weighted by atomic mass is 9.97. The molecule has 0 unspecified atom stereocenters. The Labute approximate surface area is 186 Å². The standard InChI is InChI=1S/C26H35NO4/c1-20(24(28)30-19-22-13-9-6-10-14-22)15-17-23(27-25(29)31-26(2,3)4)18-16-21-11-7-5-8-12-21/h5-14,20,23H,15-19H2,1-4H3,(H,27,29)/t20-,23+/m1/s1. The maximum Gasteiger partial charge on any atom is 0.407 e. The second-order valence-corrected chi connectivity index (χ2v) is 8.94. The second kappa shape index (κ2) is 12.1. The number of carbonyl (C=O) groups is 2. The van der Waals surface area contributed by atoms with Crippen LogP contribution in [0.3, 0.4) is 0 Å². The zero-order chi connectivity index (χ0) is 22.7. The summed E-state index contributed by atoms with van der Waals surface area (Å²) in [7, 11) is 0. The van der Waals surface area contributed by atoms with Crippen LogP contribution in [0.25, 0.3) is 0 Å². The van der Waals surface area contributed by atoms with E-state index in [0.717, 1.165) is 18.4 Å². The second-order valence-electron chi connectivity index (χ2n) is 8.94. The van der Waals surface area contributed by atoms with Gasteiger partial charge in [0.25, 0.3) is 0 Å². The molecule has 2 rings (SSSR count). The molecule has 0 saturated carbocycles. The first-order valence-corrected chi connectivity index (χ1v) is 11.0. The van der Waals surface area contributed by atoms with Gasteiger partial charge in [-0.1, -0.05) is 67.6 Å². The lowest BCUT2D eigenvalue weighted by molar-refractivity contribution is -0.149. The Morgan fingerprint density at radius 3 is 2.03 bits per heavy atom. The third kappa shape index (κ3) is 10.2. The molecule has 2 aromatic rings. The van der Waals surface area contributed by atoms with Gasteiger partial charge in [0, 0.05) is 6.04 Å². The topological polar surface area (TPSA) is 64.6 Å². The van der Waals surface area contributed by atoms with Crippen LogP contribution in [0.5, 0.6) is 0 Å². The predicted octanol–water partition coefficient (Wildman–Crippen LogP) is 5.67. The van der Waals surface area contributed by atoms with E-state index in [0.29, 0.717) is 12.8 Å². The highest BCUT2D eigenvalue weighted by Gasteiger charge is 2.22. The summed E-state index contributed by atoms with van der Waals surface area (Å²) in [4.78, 5) is 24.7. The minimum absolute atomic E-state index is 0.0839. The first kappa shape index (κ1) is 24.4. The summed E-state index contributed by atoms with van der Waals surface area (Å²) in [6.45, 7) is 7.68. The molecule has 1 amide bonds. The number of hydrogen-bond acceptors (Lipinski definition) is 4. The van der Waals surface area contributed by atoms with Gasteiger partial charge in [-0.15, -0.1) is 0 Å². The van der Waals surface area contributed by atoms with Gasteiger partial charge in [-0.25, -0.2) is 4.79 Å². The van der Waals surface area contributed by atoms with E-state index in [1.54, 1.807) is 0 Å². The summed E-state index contributed by atoms with van der Waals surface area (Å²) in [6.07, 6.45) is 2.49. The maximum atomic E-state index is 12.4. The van der Waals surface area contributed by atoms with Gasteiger partial charge in [-0.2, -0.15) is 0 Å². The van der Waals surface area contributed by atoms with E-state index in [1.165, 1.54) is 5.56 Å². The number of hydrogen-bond donors (Lipinski definition) is 1. The lowest BCUT2D eigenvalue weighted by Gasteiger charge is -2.24. The van der Waals surface area contributed by atoms with E-state index < -0.39 is 11.7 Å². The zero-order valence-electron chi connectivity index (χ0n) is 19.1. The molecule has 168 valence electrons. The number of nitrogens with one attached hydrogen (secondary N) is 1. The molecule has 5 nitrogen and oxygen atoms in total. The van der Waals surface area contributed by atoms with Crippen molar-refractivity contribution in [1.29, 1.82) is 0 Å². The molecule has 0 aliphatic rings. The molecule has 0 spiro atoms. The number of benzene rings is 2. The summed E-state index contributed by atoms with van der Waals surface area (Å²) in [6, 6.07) is 19.7. The van der Waals surface area contributed by atoms with Crippen LogP contribution < -0.4 is 5.32 Å². The highest BCUT2D eigenvalue weighted by molar-refractivity contribution is 5.72. The number of esters is 1. The van der Waals surface area contributed by atoms with Gasteiger partial charge >= 0.3 is 12.1 Å². The van der Waals surface area contributed by atoms with Gasteiger partial charge in [0.15, 0.2) is 0 Å². The van der Waals surface area contributed by atoms with Crippen molar-refractivity contribution < 1.29 is 19.1 Å². The number of ether oxygens (including phenoxy) is 2. The molecule has 5 heteroatoms. The van der Waals surface area contributed by atoms with Crippen LogP contribution in [-0.4, -0.2) is 23.7 Å². The molecular formula is C26H35NO4. The molecule has 0 saturated heterocycles. The fourth-order valence-electron chi connectivity index (χ4n) is 3.19. The normalized spacial score (nSPS) is 13.2. The van der Waals surface area contributed by atoms with Gasteiger partial charge in [0.05, 0.1) is 5.92 Å². The summed E-state index contributed by atoms with van der Waals surface area (Å²) in [5, 5.41) is 2.98. The van der Waals surface area contributed by atoms with Crippen molar-refractivity contribution in [3.8, 4) is 0 Å². The molecule has 31 heavy (non-hydrogen) atoms. The number of rotatable bonds is 10. The molecule has 0 aliphatic heterocycles. The highest BCUT2D eigenvalue weighted by Crippen LogP contribution is 2.16. The van der Waals surface area contributed by atoms with Crippen LogP contribution in [-0.2, 0) is 27.3 Å². The van der Waals surface area contributed by atoms with E-state index in [4.69, 9.17) is 9.47 Å². The fraction of sp³-hybridized carbons (Fsp3) is 0.462. The monoisotopic (exact) mass is 425 g/mol. The third-order valence-electron chi connectivity index (χ3n) is 4.92. The van der Waals surface area contributed by atoms with Crippen LogP contribution in [0.4, 0.5) is 4.79 Å². The van der Waals surface area contributed by atoms with Crippen LogP contribution in [0, 0.1) is 5.92 Å².